The Balaban J connectivity index is 1.28. The van der Waals surface area contributed by atoms with E-state index in [1.54, 1.807) is 50.1 Å². The highest BCUT2D eigenvalue weighted by atomic mass is 19.4. The minimum Gasteiger partial charge on any atom is -0.444 e. The van der Waals surface area contributed by atoms with Gasteiger partial charge >= 0.3 is 18.3 Å². The number of amides is 3. The van der Waals surface area contributed by atoms with Gasteiger partial charge < -0.3 is 24.7 Å². The molecule has 10 nitrogen and oxygen atoms in total. The number of alkyl carbamates (subject to hydrolysis) is 1. The fourth-order valence-electron chi connectivity index (χ4n) is 6.21. The van der Waals surface area contributed by atoms with Crippen LogP contribution in [0.3, 0.4) is 0 Å². The van der Waals surface area contributed by atoms with Crippen molar-refractivity contribution in [3.63, 3.8) is 0 Å². The summed E-state index contributed by atoms with van der Waals surface area (Å²) < 4.78 is 51.4. The number of carbonyl (C=O) groups excluding carboxylic acids is 2. The highest BCUT2D eigenvalue weighted by Crippen LogP contribution is 2.41. The van der Waals surface area contributed by atoms with E-state index in [-0.39, 0.29) is 18.5 Å². The van der Waals surface area contributed by atoms with Crippen LogP contribution in [0.25, 0.3) is 22.6 Å². The molecule has 2 N–H and O–H groups in total. The van der Waals surface area contributed by atoms with Gasteiger partial charge in [0, 0.05) is 36.4 Å². The first-order valence-electron chi connectivity index (χ1n) is 16.5. The number of ether oxygens (including phenoxy) is 1. The molecule has 2 atom stereocenters. The molecule has 2 aliphatic heterocycles. The maximum atomic E-state index is 14.2. The number of fused-ring (bicyclic) bond motifs is 4. The van der Waals surface area contributed by atoms with Crippen molar-refractivity contribution in [3.8, 4) is 22.6 Å². The smallest absolute Gasteiger partial charge is 0.416 e. The summed E-state index contributed by atoms with van der Waals surface area (Å²) in [4.78, 5) is 38.9. The molecule has 2 aromatic heterocycles. The summed E-state index contributed by atoms with van der Waals surface area (Å²) in [6.45, 7) is 9.07. The maximum Gasteiger partial charge on any atom is 0.416 e. The third-order valence-electron chi connectivity index (χ3n) is 8.53. The van der Waals surface area contributed by atoms with Crippen LogP contribution in [0.4, 0.5) is 40.0 Å². The molecule has 0 spiro atoms. The van der Waals surface area contributed by atoms with Gasteiger partial charge in [0.1, 0.15) is 5.60 Å². The second-order valence-corrected chi connectivity index (χ2v) is 13.5. The van der Waals surface area contributed by atoms with Crippen LogP contribution in [-0.2, 0) is 10.9 Å². The summed E-state index contributed by atoms with van der Waals surface area (Å²) in [5, 5.41) is 5.78. The topological polar surface area (TPSA) is 113 Å². The van der Waals surface area contributed by atoms with Crippen molar-refractivity contribution in [1.82, 2.24) is 15.3 Å². The third-order valence-corrected chi connectivity index (χ3v) is 8.53. The zero-order valence-corrected chi connectivity index (χ0v) is 28.3. The summed E-state index contributed by atoms with van der Waals surface area (Å²) in [5.74, 6) is 0.797. The second-order valence-electron chi connectivity index (χ2n) is 13.5. The van der Waals surface area contributed by atoms with E-state index in [1.807, 2.05) is 37.3 Å². The van der Waals surface area contributed by atoms with E-state index in [4.69, 9.17) is 14.1 Å². The SMILES string of the molecule is CC(/C=C/CNC(=O)OC(C)(C)C)c1cc(NC(=O)N2c3nc(-c4cccc(C(F)(F)F)c4)ccc3N3CCC[C@H]2C3)cc(-c2cnco2)c1. The Morgan fingerprint density at radius 2 is 1.92 bits per heavy atom. The van der Waals surface area contributed by atoms with Gasteiger partial charge in [0.05, 0.1) is 29.2 Å². The Kier molecular flexibility index (Phi) is 9.59. The Morgan fingerprint density at radius 3 is 2.66 bits per heavy atom. The number of nitrogens with one attached hydrogen (secondary N) is 2. The van der Waals surface area contributed by atoms with Gasteiger partial charge in [-0.1, -0.05) is 31.2 Å². The number of alkyl halides is 3. The molecular formula is C37H39F3N6O4. The van der Waals surface area contributed by atoms with Crippen LogP contribution in [0.5, 0.6) is 0 Å². The number of urea groups is 1. The molecule has 1 saturated heterocycles. The van der Waals surface area contributed by atoms with E-state index in [0.29, 0.717) is 40.6 Å². The number of aromatic nitrogens is 2. The predicted molar refractivity (Wildman–Crippen MR) is 185 cm³/mol. The molecule has 4 aromatic rings. The van der Waals surface area contributed by atoms with E-state index in [9.17, 15) is 22.8 Å². The first-order valence-corrected chi connectivity index (χ1v) is 16.5. The molecule has 4 heterocycles. The lowest BCUT2D eigenvalue weighted by atomic mass is 9.96. The largest absolute Gasteiger partial charge is 0.444 e. The van der Waals surface area contributed by atoms with E-state index in [2.05, 4.69) is 20.5 Å². The van der Waals surface area contributed by atoms with Crippen molar-refractivity contribution in [1.29, 1.82) is 0 Å². The molecule has 2 aliphatic rings. The number of hydrogen-bond donors (Lipinski definition) is 2. The molecule has 13 heteroatoms. The molecule has 2 aromatic carbocycles. The molecule has 1 fully saturated rings. The Bertz CT molecular complexity index is 1890. The second kappa shape index (κ2) is 13.9. The predicted octanol–water partition coefficient (Wildman–Crippen LogP) is 8.63. The Morgan fingerprint density at radius 1 is 1.10 bits per heavy atom. The average Bonchev–Trinajstić information content (AvgIpc) is 3.61. The number of pyridine rings is 1. The monoisotopic (exact) mass is 688 g/mol. The maximum absolute atomic E-state index is 14.2. The van der Waals surface area contributed by atoms with Gasteiger partial charge in [-0.3, -0.25) is 4.90 Å². The van der Waals surface area contributed by atoms with Crippen molar-refractivity contribution in [2.75, 3.05) is 34.8 Å². The molecule has 50 heavy (non-hydrogen) atoms. The Labute approximate surface area is 288 Å². The fourth-order valence-corrected chi connectivity index (χ4v) is 6.21. The summed E-state index contributed by atoms with van der Waals surface area (Å²) in [7, 11) is 0. The minimum atomic E-state index is -4.50. The van der Waals surface area contributed by atoms with Gasteiger partial charge in [-0.25, -0.2) is 19.6 Å². The number of allylic oxidation sites excluding steroid dienone is 1. The molecule has 1 unspecified atom stereocenters. The number of nitrogens with zero attached hydrogens (tertiary/aromatic N) is 4. The summed E-state index contributed by atoms with van der Waals surface area (Å²) in [6, 6.07) is 13.6. The van der Waals surface area contributed by atoms with Gasteiger partial charge in [0.25, 0.3) is 0 Å². The molecule has 0 aliphatic carbocycles. The highest BCUT2D eigenvalue weighted by molar-refractivity contribution is 6.05. The quantitative estimate of drug-likeness (QED) is 0.187. The molecule has 0 saturated carbocycles. The van der Waals surface area contributed by atoms with E-state index in [1.165, 1.54) is 12.5 Å². The lowest BCUT2D eigenvalue weighted by Crippen LogP contribution is -2.56. The van der Waals surface area contributed by atoms with Crippen molar-refractivity contribution >= 4 is 29.3 Å². The van der Waals surface area contributed by atoms with E-state index in [0.717, 1.165) is 42.8 Å². The third kappa shape index (κ3) is 7.93. The van der Waals surface area contributed by atoms with Gasteiger partial charge in [-0.2, -0.15) is 13.2 Å². The number of oxazole rings is 1. The standard InChI is InChI=1S/C37H39F3N6O4/c1-23(8-6-14-42-35(48)50-36(2,3)4)25-16-26(32-20-41-22-49-32)19-28(18-25)43-34(47)46-29-11-7-15-45(21-29)31-13-12-30(44-33(31)46)24-9-5-10-27(17-24)37(38,39)40/h5-6,8-10,12-13,16-20,22-23,29H,7,11,14-15,21H2,1-4H3,(H,42,48)(H,43,47)/b8-6+/t23?,29-/m0/s1. The van der Waals surface area contributed by atoms with Crippen molar-refractivity contribution in [2.24, 2.45) is 0 Å². The molecule has 262 valence electrons. The number of benzene rings is 2. The average molecular weight is 689 g/mol. The molecular weight excluding hydrogens is 649 g/mol. The minimum absolute atomic E-state index is 0.117. The van der Waals surface area contributed by atoms with Crippen LogP contribution in [0, 0.1) is 0 Å². The van der Waals surface area contributed by atoms with Crippen LogP contribution in [0.15, 0.2) is 83.8 Å². The number of rotatable bonds is 7. The lowest BCUT2D eigenvalue weighted by molar-refractivity contribution is -0.137. The van der Waals surface area contributed by atoms with Gasteiger partial charge in [-0.05, 0) is 87.6 Å². The van der Waals surface area contributed by atoms with Gasteiger partial charge in [0.15, 0.2) is 18.0 Å². The van der Waals surface area contributed by atoms with Crippen LogP contribution in [0.1, 0.15) is 57.6 Å². The van der Waals surface area contributed by atoms with Gasteiger partial charge in [-0.15, -0.1) is 0 Å². The first kappa shape index (κ1) is 34.5. The summed E-state index contributed by atoms with van der Waals surface area (Å²) >= 11 is 0. The zero-order valence-electron chi connectivity index (χ0n) is 28.3. The normalized spacial score (nSPS) is 16.6. The van der Waals surface area contributed by atoms with Crippen LogP contribution < -0.4 is 20.4 Å². The molecule has 0 radical (unpaired) electrons. The number of piperidine rings is 1. The lowest BCUT2D eigenvalue weighted by Gasteiger charge is -2.46. The highest BCUT2D eigenvalue weighted by Gasteiger charge is 2.39. The number of carbonyl (C=O) groups is 2. The molecule has 6 rings (SSSR count). The van der Waals surface area contributed by atoms with Crippen LogP contribution in [0.2, 0.25) is 0 Å². The van der Waals surface area contributed by atoms with Crippen LogP contribution in [-0.4, -0.2) is 53.4 Å². The summed E-state index contributed by atoms with van der Waals surface area (Å²) in [5.41, 5.74) is 2.12. The number of anilines is 3. The van der Waals surface area contributed by atoms with Crippen molar-refractivity contribution < 1.29 is 31.9 Å². The first-order chi connectivity index (χ1) is 23.7. The van der Waals surface area contributed by atoms with Crippen molar-refractivity contribution in [3.05, 3.63) is 90.5 Å². The zero-order chi connectivity index (χ0) is 35.6. The van der Waals surface area contributed by atoms with Crippen molar-refractivity contribution in [2.45, 2.75) is 64.3 Å². The van der Waals surface area contributed by atoms with Crippen LogP contribution >= 0.6 is 0 Å². The van der Waals surface area contributed by atoms with E-state index >= 15 is 0 Å². The fraction of sp³-hybridized carbons (Fsp3) is 0.351. The number of hydrogen-bond acceptors (Lipinski definition) is 7. The Hall–Kier alpha value is -5.33. The summed E-state index contributed by atoms with van der Waals surface area (Å²) in [6.07, 6.45) is 3.32. The number of halogens is 3. The molecule has 2 bridgehead atoms. The molecule has 3 amide bonds. The van der Waals surface area contributed by atoms with Gasteiger partial charge in [0.2, 0.25) is 0 Å². The van der Waals surface area contributed by atoms with E-state index < -0.39 is 29.5 Å².